The first-order valence-corrected chi connectivity index (χ1v) is 20.9. The van der Waals surface area contributed by atoms with E-state index in [1.807, 2.05) is 133 Å². The van der Waals surface area contributed by atoms with E-state index >= 15 is 0 Å². The third kappa shape index (κ3) is 9.53. The van der Waals surface area contributed by atoms with Crippen LogP contribution < -0.4 is 21.3 Å². The van der Waals surface area contributed by atoms with Crippen LogP contribution in [0.3, 0.4) is 0 Å². The van der Waals surface area contributed by atoms with Crippen LogP contribution in [0.1, 0.15) is 45.2 Å². The van der Waals surface area contributed by atoms with Crippen molar-refractivity contribution >= 4 is 24.0 Å². The molecule has 6 aromatic rings. The molecule has 2 aliphatic carbocycles. The molecule has 2 aliphatic rings. The highest BCUT2D eigenvalue weighted by atomic mass is 16.6. The first kappa shape index (κ1) is 41.5. The molecule has 62 heavy (non-hydrogen) atoms. The quantitative estimate of drug-likeness (QED) is 0.0713. The van der Waals surface area contributed by atoms with Gasteiger partial charge in [-0.05, 0) is 55.6 Å². The number of rotatable bonds is 16. The number of hydrogen-bond donors (Lipinski definition) is 5. The van der Waals surface area contributed by atoms with Crippen molar-refractivity contribution < 1.29 is 33.8 Å². The molecule has 11 heteroatoms. The minimum absolute atomic E-state index is 0.0685. The van der Waals surface area contributed by atoms with Gasteiger partial charge in [0.25, 0.3) is 0 Å². The minimum atomic E-state index is -1.07. The van der Waals surface area contributed by atoms with E-state index in [0.717, 1.165) is 55.6 Å². The number of carbonyl (C=O) groups excluding carboxylic acids is 4. The number of ether oxygens (including phenoxy) is 2. The molecule has 314 valence electrons. The molecular weight excluding hydrogens is 781 g/mol. The first-order valence-electron chi connectivity index (χ1n) is 20.9. The molecule has 0 saturated carbocycles. The Bertz CT molecular complexity index is 2440. The number of fused-ring (bicyclic) bond motifs is 6. The second-order valence-corrected chi connectivity index (χ2v) is 15.6. The van der Waals surface area contributed by atoms with Crippen LogP contribution >= 0.6 is 0 Å². The predicted molar refractivity (Wildman–Crippen MR) is 236 cm³/mol. The Morgan fingerprint density at radius 2 is 0.823 bits per heavy atom. The van der Waals surface area contributed by atoms with Gasteiger partial charge in [0.2, 0.25) is 11.8 Å². The maximum Gasteiger partial charge on any atom is 0.407 e. The van der Waals surface area contributed by atoms with Gasteiger partial charge in [0.1, 0.15) is 25.3 Å². The summed E-state index contributed by atoms with van der Waals surface area (Å²) in [6.07, 6.45) is -1.21. The molecule has 6 aromatic carbocycles. The van der Waals surface area contributed by atoms with E-state index in [1.54, 1.807) is 0 Å². The highest BCUT2D eigenvalue weighted by Gasteiger charge is 2.32. The minimum Gasteiger partial charge on any atom is -0.449 e. The number of carbonyl (C=O) groups is 4. The zero-order valence-electron chi connectivity index (χ0n) is 34.0. The van der Waals surface area contributed by atoms with Gasteiger partial charge >= 0.3 is 12.2 Å². The summed E-state index contributed by atoms with van der Waals surface area (Å²) in [5.74, 6) is -1.44. The SMILES string of the molecule is O=C(N[C@@H](Cc1ccccc1)C(=O)NC[C@@H](CO)NC(=O)[C@H](Cc1ccccc1)NC(=O)OCC1c2ccccc2-c2ccccc21)OCC1c2ccccc2-c2ccccc21. The molecule has 4 amide bonds. The summed E-state index contributed by atoms with van der Waals surface area (Å²) < 4.78 is 11.5. The van der Waals surface area contributed by atoms with Crippen LogP contribution in [0.4, 0.5) is 9.59 Å². The van der Waals surface area contributed by atoms with E-state index in [0.29, 0.717) is 0 Å². The summed E-state index contributed by atoms with van der Waals surface area (Å²) in [6, 6.07) is 47.6. The number of nitrogens with one attached hydrogen (secondary N) is 4. The summed E-state index contributed by atoms with van der Waals surface area (Å²) >= 11 is 0. The molecule has 8 rings (SSSR count). The van der Waals surface area contributed by atoms with Crippen LogP contribution in [-0.2, 0) is 31.9 Å². The van der Waals surface area contributed by atoms with E-state index in [1.165, 1.54) is 0 Å². The highest BCUT2D eigenvalue weighted by Crippen LogP contribution is 2.45. The van der Waals surface area contributed by atoms with Crippen molar-refractivity contribution in [3.05, 3.63) is 191 Å². The van der Waals surface area contributed by atoms with Gasteiger partial charge < -0.3 is 35.8 Å². The molecule has 0 bridgehead atoms. The van der Waals surface area contributed by atoms with Crippen molar-refractivity contribution in [3.63, 3.8) is 0 Å². The largest absolute Gasteiger partial charge is 0.449 e. The Labute approximate surface area is 360 Å². The third-order valence-corrected chi connectivity index (χ3v) is 11.6. The maximum absolute atomic E-state index is 13.9. The summed E-state index contributed by atoms with van der Waals surface area (Å²) in [7, 11) is 0. The highest BCUT2D eigenvalue weighted by molar-refractivity contribution is 5.88. The molecule has 0 unspecified atom stereocenters. The molecule has 11 nitrogen and oxygen atoms in total. The number of aliphatic hydroxyl groups excluding tert-OH is 1. The van der Waals surface area contributed by atoms with Gasteiger partial charge in [-0.3, -0.25) is 9.59 Å². The summed E-state index contributed by atoms with van der Waals surface area (Å²) in [4.78, 5) is 54.4. The van der Waals surface area contributed by atoms with E-state index in [-0.39, 0.29) is 44.4 Å². The van der Waals surface area contributed by atoms with Crippen molar-refractivity contribution in [2.45, 2.75) is 42.8 Å². The zero-order chi connectivity index (χ0) is 42.8. The summed E-state index contributed by atoms with van der Waals surface area (Å²) in [6.45, 7) is -0.536. The molecule has 3 atom stereocenters. The predicted octanol–water partition coefficient (Wildman–Crippen LogP) is 6.88. The average Bonchev–Trinajstić information content (AvgIpc) is 3.81. The van der Waals surface area contributed by atoms with Crippen molar-refractivity contribution in [2.24, 2.45) is 0 Å². The monoisotopic (exact) mass is 828 g/mol. The smallest absolute Gasteiger partial charge is 0.407 e. The van der Waals surface area contributed by atoms with Gasteiger partial charge in [0.05, 0.1) is 12.6 Å². The van der Waals surface area contributed by atoms with Crippen molar-refractivity contribution in [1.82, 2.24) is 21.3 Å². The van der Waals surface area contributed by atoms with Crippen LogP contribution in [0, 0.1) is 0 Å². The normalized spacial score (nSPS) is 13.9. The van der Waals surface area contributed by atoms with E-state index in [4.69, 9.17) is 9.47 Å². The summed E-state index contributed by atoms with van der Waals surface area (Å²) in [5.41, 5.74) is 10.3. The molecule has 0 spiro atoms. The van der Waals surface area contributed by atoms with Crippen LogP contribution in [0.25, 0.3) is 22.3 Å². The lowest BCUT2D eigenvalue weighted by Gasteiger charge is -2.24. The second kappa shape index (κ2) is 19.4. The molecule has 5 N–H and O–H groups in total. The lowest BCUT2D eigenvalue weighted by atomic mass is 9.98. The van der Waals surface area contributed by atoms with Gasteiger partial charge in [0.15, 0.2) is 0 Å². The Balaban J connectivity index is 0.893. The number of amides is 4. The Kier molecular flexibility index (Phi) is 13.0. The Morgan fingerprint density at radius 1 is 0.468 bits per heavy atom. The number of alkyl carbamates (subject to hydrolysis) is 2. The first-order chi connectivity index (χ1) is 30.4. The number of hydrogen-bond acceptors (Lipinski definition) is 7. The van der Waals surface area contributed by atoms with Crippen molar-refractivity contribution in [2.75, 3.05) is 26.4 Å². The van der Waals surface area contributed by atoms with Gasteiger partial charge in [-0.1, -0.05) is 158 Å². The van der Waals surface area contributed by atoms with Crippen molar-refractivity contribution in [1.29, 1.82) is 0 Å². The molecule has 0 radical (unpaired) electrons. The van der Waals surface area contributed by atoms with Crippen LogP contribution in [-0.4, -0.2) is 73.6 Å². The van der Waals surface area contributed by atoms with Gasteiger partial charge in [-0.2, -0.15) is 0 Å². The topological polar surface area (TPSA) is 155 Å². The Hall–Kier alpha value is -7.24. The molecule has 0 heterocycles. The second-order valence-electron chi connectivity index (χ2n) is 15.6. The van der Waals surface area contributed by atoms with Gasteiger partial charge in [0, 0.05) is 31.2 Å². The van der Waals surface area contributed by atoms with Crippen molar-refractivity contribution in [3.8, 4) is 22.3 Å². The molecule has 0 fully saturated rings. The van der Waals surface area contributed by atoms with Gasteiger partial charge in [-0.25, -0.2) is 9.59 Å². The van der Waals surface area contributed by atoms with E-state index in [2.05, 4.69) is 45.5 Å². The van der Waals surface area contributed by atoms with E-state index < -0.39 is 48.7 Å². The molecule has 0 aliphatic heterocycles. The van der Waals surface area contributed by atoms with Gasteiger partial charge in [-0.15, -0.1) is 0 Å². The lowest BCUT2D eigenvalue weighted by molar-refractivity contribution is -0.125. The zero-order valence-corrected chi connectivity index (χ0v) is 34.0. The number of aliphatic hydroxyl groups is 1. The summed E-state index contributed by atoms with van der Waals surface area (Å²) in [5, 5.41) is 21.4. The lowest BCUT2D eigenvalue weighted by Crippen LogP contribution is -2.56. The maximum atomic E-state index is 13.9. The van der Waals surface area contributed by atoms with Crippen LogP contribution in [0.5, 0.6) is 0 Å². The molecular formula is C51H48N4O7. The van der Waals surface area contributed by atoms with Crippen LogP contribution in [0.15, 0.2) is 158 Å². The molecule has 0 aromatic heterocycles. The fourth-order valence-electron chi connectivity index (χ4n) is 8.49. The molecule has 0 saturated heterocycles. The standard InChI is InChI=1S/C51H48N4O7/c56-30-35(53-49(58)47(28-34-17-5-2-6-18-34)55-51(60)62-32-45-42-25-13-9-21-38(42)39-22-10-14-26-43(39)45)29-52-48(57)46(27-33-15-3-1-4-16-33)54-50(59)61-31-44-40-23-11-7-19-36(40)37-20-8-12-24-41(37)44/h1-26,35,44-47,56H,27-32H2,(H,52,57)(H,53,58)(H,54,59)(H,55,60)/t35-,46-,47-/m0/s1. The Morgan fingerprint density at radius 3 is 1.21 bits per heavy atom. The number of benzene rings is 6. The van der Waals surface area contributed by atoms with Crippen LogP contribution in [0.2, 0.25) is 0 Å². The third-order valence-electron chi connectivity index (χ3n) is 11.6. The van der Waals surface area contributed by atoms with E-state index in [9.17, 15) is 24.3 Å². The fraction of sp³-hybridized carbons (Fsp3) is 0.216. The fourth-order valence-corrected chi connectivity index (χ4v) is 8.49. The average molecular weight is 829 g/mol.